The molecule has 5 nitrogen and oxygen atoms in total. The lowest BCUT2D eigenvalue weighted by Gasteiger charge is -2.20. The van der Waals surface area contributed by atoms with E-state index in [1.807, 2.05) is 12.1 Å². The lowest BCUT2D eigenvalue weighted by Crippen LogP contribution is -2.24. The van der Waals surface area contributed by atoms with Crippen LogP contribution in [0.3, 0.4) is 0 Å². The molecule has 6 heteroatoms. The predicted molar refractivity (Wildman–Crippen MR) is 108 cm³/mol. The molecule has 138 valence electrons. The number of halogens is 1. The number of para-hydroxylation sites is 2. The van der Waals surface area contributed by atoms with Crippen LogP contribution >= 0.6 is 12.4 Å². The van der Waals surface area contributed by atoms with Gasteiger partial charge in [-0.25, -0.2) is 0 Å². The van der Waals surface area contributed by atoms with Gasteiger partial charge in [-0.1, -0.05) is 37.5 Å². The third kappa shape index (κ3) is 4.99. The fourth-order valence-corrected chi connectivity index (χ4v) is 3.15. The zero-order chi connectivity index (χ0) is 17.6. The number of hydrogen-bond donors (Lipinski definition) is 3. The van der Waals surface area contributed by atoms with Crippen molar-refractivity contribution in [2.75, 3.05) is 16.4 Å². The first kappa shape index (κ1) is 19.8. The van der Waals surface area contributed by atoms with E-state index in [1.54, 1.807) is 36.4 Å². The molecular formula is C20H24ClN3O2. The molecule has 2 aromatic rings. The Kier molecular flexibility index (Phi) is 7.04. The zero-order valence-electron chi connectivity index (χ0n) is 14.5. The summed E-state index contributed by atoms with van der Waals surface area (Å²) < 4.78 is 0. The van der Waals surface area contributed by atoms with Gasteiger partial charge in [0, 0.05) is 17.2 Å². The molecule has 26 heavy (non-hydrogen) atoms. The number of benzene rings is 2. The van der Waals surface area contributed by atoms with Crippen LogP contribution < -0.4 is 16.4 Å². The molecule has 0 unspecified atom stereocenters. The van der Waals surface area contributed by atoms with Crippen LogP contribution in [-0.2, 0) is 4.79 Å². The van der Waals surface area contributed by atoms with Crippen LogP contribution in [0.5, 0.6) is 0 Å². The summed E-state index contributed by atoms with van der Waals surface area (Å²) in [6.07, 6.45) is 5.32. The molecule has 1 aliphatic carbocycles. The van der Waals surface area contributed by atoms with E-state index >= 15 is 0 Å². The summed E-state index contributed by atoms with van der Waals surface area (Å²) in [6.45, 7) is 0. The fourth-order valence-electron chi connectivity index (χ4n) is 3.15. The lowest BCUT2D eigenvalue weighted by molar-refractivity contribution is -0.120. The molecule has 1 saturated carbocycles. The Hall–Kier alpha value is -2.53. The number of nitrogens with one attached hydrogen (secondary N) is 2. The van der Waals surface area contributed by atoms with Crippen molar-refractivity contribution in [3.63, 3.8) is 0 Å². The van der Waals surface area contributed by atoms with Gasteiger partial charge in [-0.2, -0.15) is 0 Å². The number of anilines is 3. The molecule has 3 rings (SSSR count). The molecule has 0 aromatic heterocycles. The maximum atomic E-state index is 12.4. The molecule has 0 aliphatic heterocycles. The van der Waals surface area contributed by atoms with E-state index < -0.39 is 0 Å². The van der Waals surface area contributed by atoms with Gasteiger partial charge in [-0.3, -0.25) is 9.59 Å². The number of nitrogens with two attached hydrogens (primary N) is 1. The first-order chi connectivity index (χ1) is 12.1. The van der Waals surface area contributed by atoms with Crippen LogP contribution in [0.25, 0.3) is 0 Å². The topological polar surface area (TPSA) is 84.2 Å². The summed E-state index contributed by atoms with van der Waals surface area (Å²) in [5.74, 6) is -0.133. The molecule has 0 heterocycles. The fraction of sp³-hybridized carbons (Fsp3) is 0.300. The second-order valence-electron chi connectivity index (χ2n) is 6.45. The summed E-state index contributed by atoms with van der Waals surface area (Å²) in [5, 5.41) is 5.73. The van der Waals surface area contributed by atoms with Crippen LogP contribution in [0.15, 0.2) is 48.5 Å². The van der Waals surface area contributed by atoms with Crippen LogP contribution in [0.1, 0.15) is 42.5 Å². The highest BCUT2D eigenvalue weighted by Crippen LogP contribution is 2.25. The van der Waals surface area contributed by atoms with E-state index in [1.165, 1.54) is 6.42 Å². The SMILES string of the molecule is Cl.Nc1ccccc1NC(=O)c1cccc(NC(=O)C2CCCCC2)c1. The molecule has 0 spiro atoms. The molecule has 1 fully saturated rings. The number of hydrogen-bond acceptors (Lipinski definition) is 3. The highest BCUT2D eigenvalue weighted by molar-refractivity contribution is 6.06. The Bertz CT molecular complexity index is 773. The van der Waals surface area contributed by atoms with E-state index in [0.717, 1.165) is 25.7 Å². The second-order valence-corrected chi connectivity index (χ2v) is 6.45. The van der Waals surface area contributed by atoms with Crippen molar-refractivity contribution in [1.29, 1.82) is 0 Å². The monoisotopic (exact) mass is 373 g/mol. The average Bonchev–Trinajstić information content (AvgIpc) is 2.64. The Labute approximate surface area is 159 Å². The number of nitrogen functional groups attached to an aromatic ring is 1. The minimum Gasteiger partial charge on any atom is -0.397 e. The minimum absolute atomic E-state index is 0. The van der Waals surface area contributed by atoms with E-state index in [4.69, 9.17) is 5.73 Å². The number of carbonyl (C=O) groups excluding carboxylic acids is 2. The van der Waals surface area contributed by atoms with Crippen molar-refractivity contribution in [2.24, 2.45) is 5.92 Å². The summed E-state index contributed by atoms with van der Waals surface area (Å²) in [4.78, 5) is 24.8. The molecule has 0 atom stereocenters. The number of carbonyl (C=O) groups is 2. The van der Waals surface area contributed by atoms with Crippen LogP contribution in [0, 0.1) is 5.92 Å². The van der Waals surface area contributed by atoms with E-state index in [9.17, 15) is 9.59 Å². The molecule has 2 amide bonds. The van der Waals surface area contributed by atoms with E-state index in [-0.39, 0.29) is 30.1 Å². The normalized spacial score (nSPS) is 14.2. The van der Waals surface area contributed by atoms with Crippen molar-refractivity contribution in [3.8, 4) is 0 Å². The molecule has 1 aliphatic rings. The highest BCUT2D eigenvalue weighted by atomic mass is 35.5. The molecule has 2 aromatic carbocycles. The van der Waals surface area contributed by atoms with Gasteiger partial charge in [-0.05, 0) is 43.2 Å². The zero-order valence-corrected chi connectivity index (χ0v) is 15.4. The van der Waals surface area contributed by atoms with Gasteiger partial charge in [0.1, 0.15) is 0 Å². The molecule has 0 saturated heterocycles. The van der Waals surface area contributed by atoms with Crippen LogP contribution in [0.2, 0.25) is 0 Å². The van der Waals surface area contributed by atoms with Crippen molar-refractivity contribution >= 4 is 41.3 Å². The van der Waals surface area contributed by atoms with Gasteiger partial charge in [0.05, 0.1) is 11.4 Å². The molecule has 4 N–H and O–H groups in total. The second kappa shape index (κ2) is 9.25. The minimum atomic E-state index is -0.258. The largest absolute Gasteiger partial charge is 0.397 e. The van der Waals surface area contributed by atoms with Gasteiger partial charge >= 0.3 is 0 Å². The summed E-state index contributed by atoms with van der Waals surface area (Å²) in [6, 6.07) is 14.1. The Morgan fingerprint density at radius 1 is 0.923 bits per heavy atom. The standard InChI is InChI=1S/C20H23N3O2.ClH/c21-17-11-4-5-12-18(17)23-20(25)15-9-6-10-16(13-15)22-19(24)14-7-2-1-3-8-14;/h4-6,9-14H,1-3,7-8,21H2,(H,22,24)(H,23,25);1H. The van der Waals surface area contributed by atoms with Gasteiger partial charge < -0.3 is 16.4 Å². The molecular weight excluding hydrogens is 350 g/mol. The first-order valence-corrected chi connectivity index (χ1v) is 8.70. The third-order valence-electron chi connectivity index (χ3n) is 4.58. The Morgan fingerprint density at radius 3 is 2.38 bits per heavy atom. The summed E-state index contributed by atoms with van der Waals surface area (Å²) in [5.41, 5.74) is 8.06. The maximum Gasteiger partial charge on any atom is 0.255 e. The average molecular weight is 374 g/mol. The Balaban J connectivity index is 0.00000243. The first-order valence-electron chi connectivity index (χ1n) is 8.70. The van der Waals surface area contributed by atoms with Crippen molar-refractivity contribution in [2.45, 2.75) is 32.1 Å². The van der Waals surface area contributed by atoms with Crippen molar-refractivity contribution in [3.05, 3.63) is 54.1 Å². The van der Waals surface area contributed by atoms with Crippen molar-refractivity contribution < 1.29 is 9.59 Å². The Morgan fingerprint density at radius 2 is 1.65 bits per heavy atom. The molecule has 0 bridgehead atoms. The summed E-state index contributed by atoms with van der Waals surface area (Å²) >= 11 is 0. The van der Waals surface area contributed by atoms with Crippen LogP contribution in [-0.4, -0.2) is 11.8 Å². The van der Waals surface area contributed by atoms with Gasteiger partial charge in [0.2, 0.25) is 5.91 Å². The van der Waals surface area contributed by atoms with E-state index in [0.29, 0.717) is 22.6 Å². The van der Waals surface area contributed by atoms with Gasteiger partial charge in [0.25, 0.3) is 5.91 Å². The molecule has 0 radical (unpaired) electrons. The third-order valence-corrected chi connectivity index (χ3v) is 4.58. The maximum absolute atomic E-state index is 12.4. The van der Waals surface area contributed by atoms with Crippen LogP contribution in [0.4, 0.5) is 17.1 Å². The van der Waals surface area contributed by atoms with Gasteiger partial charge in [-0.15, -0.1) is 12.4 Å². The highest BCUT2D eigenvalue weighted by Gasteiger charge is 2.21. The van der Waals surface area contributed by atoms with Crippen molar-refractivity contribution in [1.82, 2.24) is 0 Å². The lowest BCUT2D eigenvalue weighted by atomic mass is 9.88. The quantitative estimate of drug-likeness (QED) is 0.691. The number of rotatable bonds is 4. The van der Waals surface area contributed by atoms with E-state index in [2.05, 4.69) is 10.6 Å². The number of amides is 2. The summed E-state index contributed by atoms with van der Waals surface area (Å²) in [7, 11) is 0. The van der Waals surface area contributed by atoms with Gasteiger partial charge in [0.15, 0.2) is 0 Å². The predicted octanol–water partition coefficient (Wildman–Crippen LogP) is 4.46. The smallest absolute Gasteiger partial charge is 0.255 e.